The number of rotatable bonds is 3. The van der Waals surface area contributed by atoms with Crippen LogP contribution in [0.1, 0.15) is 32.4 Å². The quantitative estimate of drug-likeness (QED) is 0.679. The predicted molar refractivity (Wildman–Crippen MR) is 124 cm³/mol. The van der Waals surface area contributed by atoms with Crippen molar-refractivity contribution in [1.82, 2.24) is 25.2 Å². The van der Waals surface area contributed by atoms with Crippen LogP contribution >= 0.6 is 0 Å². The Morgan fingerprint density at radius 3 is 2.88 bits per heavy atom. The fourth-order valence-corrected chi connectivity index (χ4v) is 3.45. The predicted octanol–water partition coefficient (Wildman–Crippen LogP) is 2.28. The van der Waals surface area contributed by atoms with Crippen LogP contribution in [0.15, 0.2) is 36.5 Å². The van der Waals surface area contributed by atoms with Crippen LogP contribution in [0.25, 0.3) is 0 Å². The lowest BCUT2D eigenvalue weighted by molar-refractivity contribution is -0.144. The molecule has 3 atom stereocenters. The number of anilines is 1. The maximum absolute atomic E-state index is 12.7. The van der Waals surface area contributed by atoms with Crippen molar-refractivity contribution in [1.29, 1.82) is 0 Å². The first-order valence-electron chi connectivity index (χ1n) is 11.4. The molecule has 0 saturated carbocycles. The molecule has 0 unspecified atom stereocenters. The van der Waals surface area contributed by atoms with Crippen molar-refractivity contribution in [2.24, 2.45) is 5.92 Å². The third-order valence-electron chi connectivity index (χ3n) is 5.54. The number of nitrogens with zero attached hydrogens (tertiary/aromatic N) is 4. The molecule has 3 rings (SSSR count). The minimum absolute atomic E-state index is 0.0108. The molecular formula is C23H34N6O4. The summed E-state index contributed by atoms with van der Waals surface area (Å²) in [5.41, 5.74) is 1.45. The Kier molecular flexibility index (Phi) is 9.20. The van der Waals surface area contributed by atoms with E-state index in [-0.39, 0.29) is 30.1 Å². The third kappa shape index (κ3) is 8.14. The summed E-state index contributed by atoms with van der Waals surface area (Å²) < 4.78 is 13.3. The van der Waals surface area contributed by atoms with Gasteiger partial charge in [-0.15, -0.1) is 5.10 Å². The number of ether oxygens (including phenoxy) is 2. The van der Waals surface area contributed by atoms with Gasteiger partial charge in [0.15, 0.2) is 0 Å². The molecule has 180 valence electrons. The van der Waals surface area contributed by atoms with Gasteiger partial charge in [0.1, 0.15) is 12.3 Å². The summed E-state index contributed by atoms with van der Waals surface area (Å²) in [5.74, 6) is -0.130. The van der Waals surface area contributed by atoms with Crippen molar-refractivity contribution in [3.05, 3.63) is 42.2 Å². The molecule has 1 aromatic heterocycles. The maximum atomic E-state index is 12.7. The summed E-state index contributed by atoms with van der Waals surface area (Å²) in [4.78, 5) is 26.3. The molecule has 2 bridgehead atoms. The van der Waals surface area contributed by atoms with E-state index in [1.165, 1.54) is 0 Å². The number of hydrogen-bond acceptors (Lipinski definition) is 7. The third-order valence-corrected chi connectivity index (χ3v) is 5.54. The molecule has 0 saturated heterocycles. The number of esters is 1. The van der Waals surface area contributed by atoms with E-state index in [1.807, 2.05) is 43.5 Å². The van der Waals surface area contributed by atoms with Gasteiger partial charge in [-0.25, -0.2) is 4.79 Å². The SMILES string of the molecule is C[C@@H]1COC(=O)CCCn2cc(nn2)CO[C@H](CN(C)C(=O)Nc2ccccc2)[C@H](C)CN1. The number of carbonyl (C=O) groups is 2. The molecule has 0 aliphatic carbocycles. The molecule has 2 aromatic rings. The van der Waals surface area contributed by atoms with Crippen LogP contribution in [-0.2, 0) is 27.4 Å². The highest BCUT2D eigenvalue weighted by molar-refractivity contribution is 5.89. The van der Waals surface area contributed by atoms with Gasteiger partial charge in [0.05, 0.1) is 18.9 Å². The highest BCUT2D eigenvalue weighted by Gasteiger charge is 2.24. The smallest absolute Gasteiger partial charge is 0.321 e. The van der Waals surface area contributed by atoms with E-state index in [0.29, 0.717) is 51.4 Å². The van der Waals surface area contributed by atoms with Crippen molar-refractivity contribution in [3.8, 4) is 0 Å². The van der Waals surface area contributed by atoms with Gasteiger partial charge in [-0.3, -0.25) is 9.48 Å². The van der Waals surface area contributed by atoms with Gasteiger partial charge in [0, 0.05) is 44.8 Å². The second-order valence-electron chi connectivity index (χ2n) is 8.57. The monoisotopic (exact) mass is 458 g/mol. The van der Waals surface area contributed by atoms with Crippen LogP contribution < -0.4 is 10.6 Å². The molecule has 2 amide bonds. The lowest BCUT2D eigenvalue weighted by Crippen LogP contribution is -2.44. The lowest BCUT2D eigenvalue weighted by Gasteiger charge is -2.30. The molecule has 33 heavy (non-hydrogen) atoms. The van der Waals surface area contributed by atoms with E-state index in [2.05, 4.69) is 27.9 Å². The number of amides is 2. The molecule has 0 spiro atoms. The van der Waals surface area contributed by atoms with E-state index >= 15 is 0 Å². The number of urea groups is 1. The minimum Gasteiger partial charge on any atom is -0.464 e. The Balaban J connectivity index is 1.65. The molecule has 2 N–H and O–H groups in total. The second kappa shape index (κ2) is 12.3. The van der Waals surface area contributed by atoms with Crippen LogP contribution in [0.3, 0.4) is 0 Å². The van der Waals surface area contributed by atoms with Crippen LogP contribution in [0.2, 0.25) is 0 Å². The van der Waals surface area contributed by atoms with E-state index in [0.717, 1.165) is 5.69 Å². The van der Waals surface area contributed by atoms with Gasteiger partial charge in [-0.1, -0.05) is 30.3 Å². The number of benzene rings is 1. The number of cyclic esters (lactones) is 1. The first-order chi connectivity index (χ1) is 15.9. The Labute approximate surface area is 194 Å². The molecule has 1 aromatic carbocycles. The molecule has 0 fully saturated rings. The van der Waals surface area contributed by atoms with Crippen LogP contribution in [0, 0.1) is 5.92 Å². The molecule has 10 heteroatoms. The highest BCUT2D eigenvalue weighted by atomic mass is 16.5. The van der Waals surface area contributed by atoms with Crippen LogP contribution in [-0.4, -0.2) is 70.8 Å². The Bertz CT molecular complexity index is 890. The fourth-order valence-electron chi connectivity index (χ4n) is 3.45. The van der Waals surface area contributed by atoms with Gasteiger partial charge in [0.2, 0.25) is 0 Å². The molecule has 10 nitrogen and oxygen atoms in total. The molecule has 2 heterocycles. The number of aryl methyl sites for hydroxylation is 1. The van der Waals surface area contributed by atoms with Gasteiger partial charge >= 0.3 is 12.0 Å². The Morgan fingerprint density at radius 2 is 2.09 bits per heavy atom. The largest absolute Gasteiger partial charge is 0.464 e. The first-order valence-corrected chi connectivity index (χ1v) is 11.4. The first kappa shape index (κ1) is 24.7. The van der Waals surface area contributed by atoms with E-state index in [1.54, 1.807) is 16.6 Å². The average Bonchev–Trinajstić information content (AvgIpc) is 3.26. The van der Waals surface area contributed by atoms with Crippen molar-refractivity contribution in [3.63, 3.8) is 0 Å². The van der Waals surface area contributed by atoms with Gasteiger partial charge in [-0.2, -0.15) is 0 Å². The van der Waals surface area contributed by atoms with Gasteiger partial charge < -0.3 is 25.0 Å². The molecular weight excluding hydrogens is 424 g/mol. The molecule has 1 aliphatic rings. The number of likely N-dealkylation sites (N-methyl/N-ethyl adjacent to an activating group) is 1. The zero-order valence-corrected chi connectivity index (χ0v) is 19.6. The number of nitrogens with one attached hydrogen (secondary N) is 2. The van der Waals surface area contributed by atoms with Crippen molar-refractivity contribution >= 4 is 17.7 Å². The zero-order valence-electron chi connectivity index (χ0n) is 19.6. The lowest BCUT2D eigenvalue weighted by atomic mass is 10.0. The maximum Gasteiger partial charge on any atom is 0.321 e. The fraction of sp³-hybridized carbons (Fsp3) is 0.565. The van der Waals surface area contributed by atoms with Crippen LogP contribution in [0.4, 0.5) is 10.5 Å². The minimum atomic E-state index is -0.239. The number of hydrogen-bond donors (Lipinski definition) is 2. The van der Waals surface area contributed by atoms with E-state index < -0.39 is 0 Å². The summed E-state index contributed by atoms with van der Waals surface area (Å²) in [6.45, 7) is 6.28. The van der Waals surface area contributed by atoms with Gasteiger partial charge in [-0.05, 0) is 31.4 Å². The zero-order chi connectivity index (χ0) is 23.6. The average molecular weight is 459 g/mol. The van der Waals surface area contributed by atoms with Crippen molar-refractivity contribution in [2.45, 2.75) is 52.0 Å². The summed E-state index contributed by atoms with van der Waals surface area (Å²) in [5, 5.41) is 14.6. The number of para-hydroxylation sites is 1. The second-order valence-corrected chi connectivity index (χ2v) is 8.57. The normalized spacial score (nSPS) is 22.9. The summed E-state index contributed by atoms with van der Waals surface area (Å²) >= 11 is 0. The number of carbonyl (C=O) groups excluding carboxylic acids is 2. The summed E-state index contributed by atoms with van der Waals surface area (Å²) in [7, 11) is 1.75. The Morgan fingerprint density at radius 1 is 1.30 bits per heavy atom. The highest BCUT2D eigenvalue weighted by Crippen LogP contribution is 2.14. The van der Waals surface area contributed by atoms with Crippen LogP contribution in [0.5, 0.6) is 0 Å². The summed E-state index contributed by atoms with van der Waals surface area (Å²) in [6.07, 6.45) is 2.56. The van der Waals surface area contributed by atoms with E-state index in [4.69, 9.17) is 9.47 Å². The molecule has 1 aliphatic heterocycles. The van der Waals surface area contributed by atoms with Crippen molar-refractivity contribution < 1.29 is 19.1 Å². The molecule has 0 radical (unpaired) electrons. The standard InChI is InChI=1S/C23H34N6O4/c1-17-12-24-18(2)15-33-22(30)10-7-11-29-13-20(26-27-29)16-32-21(17)14-28(3)23(31)25-19-8-5-4-6-9-19/h4-6,8-9,13,17-18,21,24H,7,10-12,14-16H2,1-3H3,(H,25,31)/t17-,18-,21-/m1/s1. The summed E-state index contributed by atoms with van der Waals surface area (Å²) in [6, 6.07) is 9.15. The van der Waals surface area contributed by atoms with E-state index in [9.17, 15) is 9.59 Å². The van der Waals surface area contributed by atoms with Gasteiger partial charge in [0.25, 0.3) is 0 Å². The number of aromatic nitrogens is 3. The number of fused-ring (bicyclic) bond motifs is 2. The topological polar surface area (TPSA) is 111 Å². The van der Waals surface area contributed by atoms with Crippen molar-refractivity contribution in [2.75, 3.05) is 32.1 Å². The Hall–Kier alpha value is -2.98.